The third-order valence-corrected chi connectivity index (χ3v) is 3.44. The maximum Gasteiger partial charge on any atom is 0.320 e. The fourth-order valence-corrected chi connectivity index (χ4v) is 2.67. The van der Waals surface area contributed by atoms with E-state index in [0.29, 0.717) is 12.1 Å². The predicted molar refractivity (Wildman–Crippen MR) is 53.2 cm³/mol. The molecule has 2 unspecified atom stereocenters. The molecule has 0 saturated carbocycles. The van der Waals surface area contributed by atoms with Gasteiger partial charge in [-0.25, -0.2) is 0 Å². The van der Waals surface area contributed by atoms with Crippen LogP contribution in [-0.4, -0.2) is 47.2 Å². The minimum atomic E-state index is -0.749. The zero-order valence-electron chi connectivity index (χ0n) is 8.57. The van der Waals surface area contributed by atoms with Crippen molar-refractivity contribution in [3.05, 3.63) is 0 Å². The van der Waals surface area contributed by atoms with Crippen molar-refractivity contribution in [2.75, 3.05) is 13.1 Å². The van der Waals surface area contributed by atoms with Crippen molar-refractivity contribution in [3.8, 4) is 0 Å². The van der Waals surface area contributed by atoms with Crippen molar-refractivity contribution in [1.82, 2.24) is 10.2 Å². The van der Waals surface area contributed by atoms with Crippen LogP contribution < -0.4 is 5.32 Å². The lowest BCUT2D eigenvalue weighted by Crippen LogP contribution is -2.46. The van der Waals surface area contributed by atoms with Gasteiger partial charge in [-0.15, -0.1) is 0 Å². The summed E-state index contributed by atoms with van der Waals surface area (Å²) in [6.45, 7) is 4.05. The predicted octanol–water partition coefficient (Wildman–Crippen LogP) is 0.286. The van der Waals surface area contributed by atoms with E-state index in [1.807, 2.05) is 0 Å². The van der Waals surface area contributed by atoms with E-state index < -0.39 is 12.0 Å². The summed E-state index contributed by atoms with van der Waals surface area (Å²) in [5.74, 6) is -0.749. The Bertz CT molecular complexity index is 232. The molecule has 0 bridgehead atoms. The SMILES string of the molecule is C[C@H](NC1CCN2CCCC12)C(=O)O. The molecule has 4 nitrogen and oxygen atoms in total. The molecule has 0 aromatic rings. The fourth-order valence-electron chi connectivity index (χ4n) is 2.67. The number of carbonyl (C=O) groups is 1. The van der Waals surface area contributed by atoms with Crippen LogP contribution in [0.4, 0.5) is 0 Å². The summed E-state index contributed by atoms with van der Waals surface area (Å²) < 4.78 is 0. The first-order valence-corrected chi connectivity index (χ1v) is 5.41. The quantitative estimate of drug-likeness (QED) is 0.684. The second-order valence-electron chi connectivity index (χ2n) is 4.37. The summed E-state index contributed by atoms with van der Waals surface area (Å²) in [6.07, 6.45) is 3.59. The fraction of sp³-hybridized carbons (Fsp3) is 0.900. The highest BCUT2D eigenvalue weighted by Gasteiger charge is 2.37. The lowest BCUT2D eigenvalue weighted by atomic mass is 10.1. The van der Waals surface area contributed by atoms with Crippen molar-refractivity contribution >= 4 is 5.97 Å². The molecule has 2 N–H and O–H groups in total. The van der Waals surface area contributed by atoms with Crippen LogP contribution in [0.2, 0.25) is 0 Å². The number of nitrogens with one attached hydrogen (secondary N) is 1. The number of fused-ring (bicyclic) bond motifs is 1. The molecule has 0 amide bonds. The Balaban J connectivity index is 1.89. The largest absolute Gasteiger partial charge is 0.480 e. The highest BCUT2D eigenvalue weighted by molar-refractivity contribution is 5.72. The average molecular weight is 198 g/mol. The van der Waals surface area contributed by atoms with E-state index in [1.54, 1.807) is 6.92 Å². The van der Waals surface area contributed by atoms with E-state index >= 15 is 0 Å². The molecule has 2 saturated heterocycles. The highest BCUT2D eigenvalue weighted by Crippen LogP contribution is 2.28. The van der Waals surface area contributed by atoms with Crippen molar-refractivity contribution in [2.24, 2.45) is 0 Å². The molecule has 2 heterocycles. The third-order valence-electron chi connectivity index (χ3n) is 3.44. The minimum Gasteiger partial charge on any atom is -0.480 e. The van der Waals surface area contributed by atoms with Crippen LogP contribution in [0.3, 0.4) is 0 Å². The Labute approximate surface area is 84.3 Å². The van der Waals surface area contributed by atoms with Gasteiger partial charge in [-0.2, -0.15) is 0 Å². The average Bonchev–Trinajstić information content (AvgIpc) is 2.69. The first-order valence-electron chi connectivity index (χ1n) is 5.41. The van der Waals surface area contributed by atoms with Crippen molar-refractivity contribution in [3.63, 3.8) is 0 Å². The number of hydrogen-bond acceptors (Lipinski definition) is 3. The van der Waals surface area contributed by atoms with Gasteiger partial charge in [0.15, 0.2) is 0 Å². The molecular weight excluding hydrogens is 180 g/mol. The van der Waals surface area contributed by atoms with Crippen molar-refractivity contribution in [1.29, 1.82) is 0 Å². The normalized spacial score (nSPS) is 34.4. The molecule has 2 fully saturated rings. The Morgan fingerprint density at radius 1 is 1.50 bits per heavy atom. The van der Waals surface area contributed by atoms with Crippen molar-refractivity contribution in [2.45, 2.75) is 44.3 Å². The van der Waals surface area contributed by atoms with Crippen LogP contribution in [0.1, 0.15) is 26.2 Å². The Morgan fingerprint density at radius 2 is 2.29 bits per heavy atom. The van der Waals surface area contributed by atoms with E-state index in [4.69, 9.17) is 5.11 Å². The second kappa shape index (κ2) is 3.87. The summed E-state index contributed by atoms with van der Waals surface area (Å²) in [4.78, 5) is 13.2. The molecule has 0 spiro atoms. The van der Waals surface area contributed by atoms with E-state index in [9.17, 15) is 4.79 Å². The van der Waals surface area contributed by atoms with Gasteiger partial charge >= 0.3 is 5.97 Å². The van der Waals surface area contributed by atoms with Gasteiger partial charge in [0.05, 0.1) is 0 Å². The molecule has 0 aromatic carbocycles. The number of aliphatic carboxylic acids is 1. The molecule has 3 atom stereocenters. The topological polar surface area (TPSA) is 52.6 Å². The third kappa shape index (κ3) is 1.77. The van der Waals surface area contributed by atoms with Crippen LogP contribution in [0, 0.1) is 0 Å². The Morgan fingerprint density at radius 3 is 3.00 bits per heavy atom. The number of nitrogens with zero attached hydrogens (tertiary/aromatic N) is 1. The number of hydrogen-bond donors (Lipinski definition) is 2. The molecule has 0 radical (unpaired) electrons. The monoisotopic (exact) mass is 198 g/mol. The molecule has 2 rings (SSSR count). The summed E-state index contributed by atoms with van der Waals surface area (Å²) in [5.41, 5.74) is 0. The van der Waals surface area contributed by atoms with E-state index in [2.05, 4.69) is 10.2 Å². The summed E-state index contributed by atoms with van der Waals surface area (Å²) >= 11 is 0. The molecule has 4 heteroatoms. The van der Waals surface area contributed by atoms with Crippen LogP contribution in [0.25, 0.3) is 0 Å². The zero-order valence-corrected chi connectivity index (χ0v) is 8.57. The first kappa shape index (κ1) is 9.93. The standard InChI is InChI=1S/C10H18N2O2/c1-7(10(13)14)11-8-4-6-12-5-2-3-9(8)12/h7-9,11H,2-6H2,1H3,(H,13,14)/t7-,8?,9?/m0/s1. The lowest BCUT2D eigenvalue weighted by Gasteiger charge is -2.23. The Hall–Kier alpha value is -0.610. The van der Waals surface area contributed by atoms with Gasteiger partial charge in [0.2, 0.25) is 0 Å². The lowest BCUT2D eigenvalue weighted by molar-refractivity contribution is -0.139. The van der Waals surface area contributed by atoms with Crippen LogP contribution in [0.15, 0.2) is 0 Å². The molecular formula is C10H18N2O2. The molecule has 14 heavy (non-hydrogen) atoms. The second-order valence-corrected chi connectivity index (χ2v) is 4.37. The number of rotatable bonds is 3. The van der Waals surface area contributed by atoms with Gasteiger partial charge < -0.3 is 10.4 Å². The van der Waals surface area contributed by atoms with Gasteiger partial charge in [0, 0.05) is 18.6 Å². The smallest absolute Gasteiger partial charge is 0.320 e. The van der Waals surface area contributed by atoms with Crippen LogP contribution in [-0.2, 0) is 4.79 Å². The molecule has 0 aromatic heterocycles. The van der Waals surface area contributed by atoms with Gasteiger partial charge in [0.1, 0.15) is 6.04 Å². The van der Waals surface area contributed by atoms with Gasteiger partial charge in [0.25, 0.3) is 0 Å². The first-order chi connectivity index (χ1) is 6.68. The minimum absolute atomic E-state index is 0.392. The van der Waals surface area contributed by atoms with E-state index in [0.717, 1.165) is 13.0 Å². The maximum atomic E-state index is 10.7. The maximum absolute atomic E-state index is 10.7. The molecule has 2 aliphatic heterocycles. The van der Waals surface area contributed by atoms with Crippen LogP contribution in [0.5, 0.6) is 0 Å². The Kier molecular flexibility index (Phi) is 2.74. The number of carboxylic acid groups (broad SMARTS) is 1. The molecule has 0 aliphatic carbocycles. The van der Waals surface area contributed by atoms with E-state index in [-0.39, 0.29) is 0 Å². The summed E-state index contributed by atoms with van der Waals surface area (Å²) in [6, 6.07) is 0.570. The summed E-state index contributed by atoms with van der Waals surface area (Å²) in [5, 5.41) is 12.0. The van der Waals surface area contributed by atoms with Gasteiger partial charge in [-0.05, 0) is 32.7 Å². The van der Waals surface area contributed by atoms with E-state index in [1.165, 1.54) is 19.4 Å². The van der Waals surface area contributed by atoms with Crippen molar-refractivity contribution < 1.29 is 9.90 Å². The number of carboxylic acids is 1. The highest BCUT2D eigenvalue weighted by atomic mass is 16.4. The molecule has 80 valence electrons. The summed E-state index contributed by atoms with van der Waals surface area (Å²) in [7, 11) is 0. The molecule has 2 aliphatic rings. The van der Waals surface area contributed by atoms with Gasteiger partial charge in [-0.1, -0.05) is 0 Å². The zero-order chi connectivity index (χ0) is 10.1. The van der Waals surface area contributed by atoms with Gasteiger partial charge in [-0.3, -0.25) is 9.69 Å². The van der Waals surface area contributed by atoms with Crippen LogP contribution >= 0.6 is 0 Å².